The Hall–Kier alpha value is -3.29. The zero-order chi connectivity index (χ0) is 20.0. The maximum atomic E-state index is 13.5. The second kappa shape index (κ2) is 8.88. The van der Waals surface area contributed by atoms with Crippen molar-refractivity contribution in [2.45, 2.75) is 13.8 Å². The van der Waals surface area contributed by atoms with Gasteiger partial charge in [0.05, 0.1) is 6.54 Å². The van der Waals surface area contributed by atoms with Gasteiger partial charge in [0.25, 0.3) is 5.91 Å². The summed E-state index contributed by atoms with van der Waals surface area (Å²) in [6, 6.07) is 8.43. The number of carbonyl (C=O) groups excluding carboxylic acids is 3. The van der Waals surface area contributed by atoms with E-state index in [1.165, 1.54) is 0 Å². The van der Waals surface area contributed by atoms with Crippen LogP contribution in [0.2, 0.25) is 0 Å². The Balaban J connectivity index is 1.82. The molecule has 2 rings (SSSR count). The fourth-order valence-corrected chi connectivity index (χ4v) is 2.32. The van der Waals surface area contributed by atoms with Gasteiger partial charge in [0.1, 0.15) is 17.2 Å². The number of hydrogen-bond acceptors (Lipinski definition) is 4. The van der Waals surface area contributed by atoms with Crippen molar-refractivity contribution in [1.82, 2.24) is 5.32 Å². The highest BCUT2D eigenvalue weighted by molar-refractivity contribution is 5.96. The minimum atomic E-state index is -1.30. The summed E-state index contributed by atoms with van der Waals surface area (Å²) in [5.41, 5.74) is 1.52. The van der Waals surface area contributed by atoms with Crippen LogP contribution in [0.5, 0.6) is 0 Å². The maximum Gasteiger partial charge on any atom is 0.344 e. The number of esters is 1. The van der Waals surface area contributed by atoms with Crippen LogP contribution >= 0.6 is 0 Å². The predicted molar refractivity (Wildman–Crippen MR) is 94.2 cm³/mol. The lowest BCUT2D eigenvalue weighted by molar-refractivity contribution is -0.126. The highest BCUT2D eigenvalue weighted by Crippen LogP contribution is 2.19. The molecule has 142 valence electrons. The van der Waals surface area contributed by atoms with E-state index in [0.29, 0.717) is 5.69 Å². The molecule has 0 fully saturated rings. The minimum Gasteiger partial charge on any atom is -0.452 e. The molecule has 6 nitrogen and oxygen atoms in total. The van der Waals surface area contributed by atoms with Crippen molar-refractivity contribution in [2.24, 2.45) is 0 Å². The largest absolute Gasteiger partial charge is 0.452 e. The molecule has 0 unspecified atom stereocenters. The number of amides is 2. The molecular formula is C19H18F2N2O4. The van der Waals surface area contributed by atoms with Gasteiger partial charge >= 0.3 is 5.97 Å². The standard InChI is InChI=1S/C19H18F2N2O4/c1-11-5-3-6-12(2)18(11)23-15(24)9-22-16(25)10-27-19(26)17-13(20)7-4-8-14(17)21/h3-8H,9-10H2,1-2H3,(H,22,25)(H,23,24). The van der Waals surface area contributed by atoms with Crippen LogP contribution in [-0.2, 0) is 14.3 Å². The van der Waals surface area contributed by atoms with E-state index in [2.05, 4.69) is 15.4 Å². The topological polar surface area (TPSA) is 84.5 Å². The van der Waals surface area contributed by atoms with Crippen LogP contribution < -0.4 is 10.6 Å². The number of rotatable bonds is 6. The van der Waals surface area contributed by atoms with E-state index in [1.54, 1.807) is 0 Å². The van der Waals surface area contributed by atoms with E-state index >= 15 is 0 Å². The fourth-order valence-electron chi connectivity index (χ4n) is 2.32. The average molecular weight is 376 g/mol. The van der Waals surface area contributed by atoms with Crippen molar-refractivity contribution in [2.75, 3.05) is 18.5 Å². The monoisotopic (exact) mass is 376 g/mol. The maximum absolute atomic E-state index is 13.5. The number of para-hydroxylation sites is 1. The van der Waals surface area contributed by atoms with Gasteiger partial charge < -0.3 is 15.4 Å². The van der Waals surface area contributed by atoms with Crippen molar-refractivity contribution < 1.29 is 27.9 Å². The molecule has 0 bridgehead atoms. The molecule has 0 atom stereocenters. The van der Waals surface area contributed by atoms with Crippen LogP contribution in [0.4, 0.5) is 14.5 Å². The number of anilines is 1. The number of hydrogen-bond donors (Lipinski definition) is 2. The number of halogens is 2. The van der Waals surface area contributed by atoms with Crippen molar-refractivity contribution in [1.29, 1.82) is 0 Å². The summed E-state index contributed by atoms with van der Waals surface area (Å²) in [6.07, 6.45) is 0. The molecule has 0 spiro atoms. The van der Waals surface area contributed by atoms with Gasteiger partial charge in [-0.25, -0.2) is 13.6 Å². The smallest absolute Gasteiger partial charge is 0.344 e. The molecule has 0 aliphatic carbocycles. The second-order valence-corrected chi connectivity index (χ2v) is 5.76. The number of aryl methyl sites for hydroxylation is 2. The van der Waals surface area contributed by atoms with Crippen LogP contribution in [0.15, 0.2) is 36.4 Å². The van der Waals surface area contributed by atoms with E-state index in [4.69, 9.17) is 0 Å². The van der Waals surface area contributed by atoms with Gasteiger partial charge in [-0.1, -0.05) is 24.3 Å². The Kier molecular flexibility index (Phi) is 6.59. The zero-order valence-corrected chi connectivity index (χ0v) is 14.8. The summed E-state index contributed by atoms with van der Waals surface area (Å²) in [5.74, 6) is -4.73. The molecule has 0 aliphatic rings. The molecule has 2 N–H and O–H groups in total. The van der Waals surface area contributed by atoms with Crippen LogP contribution in [0.3, 0.4) is 0 Å². The van der Waals surface area contributed by atoms with Gasteiger partial charge in [0.2, 0.25) is 5.91 Å². The Morgan fingerprint density at radius 1 is 0.926 bits per heavy atom. The molecule has 0 radical (unpaired) electrons. The summed E-state index contributed by atoms with van der Waals surface area (Å²) in [4.78, 5) is 35.3. The first kappa shape index (κ1) is 20.0. The SMILES string of the molecule is Cc1cccc(C)c1NC(=O)CNC(=O)COC(=O)c1c(F)cccc1F. The van der Waals surface area contributed by atoms with Gasteiger partial charge in [-0.2, -0.15) is 0 Å². The van der Waals surface area contributed by atoms with Crippen molar-refractivity contribution in [3.63, 3.8) is 0 Å². The zero-order valence-electron chi connectivity index (χ0n) is 14.8. The van der Waals surface area contributed by atoms with E-state index in [1.807, 2.05) is 32.0 Å². The van der Waals surface area contributed by atoms with Crippen molar-refractivity contribution in [3.8, 4) is 0 Å². The molecule has 0 aliphatic heterocycles. The molecule has 2 amide bonds. The van der Waals surface area contributed by atoms with Crippen LogP contribution in [0.25, 0.3) is 0 Å². The van der Waals surface area contributed by atoms with Gasteiger partial charge in [0, 0.05) is 5.69 Å². The number of benzene rings is 2. The number of carbonyl (C=O) groups is 3. The lowest BCUT2D eigenvalue weighted by Gasteiger charge is -2.12. The lowest BCUT2D eigenvalue weighted by atomic mass is 10.1. The highest BCUT2D eigenvalue weighted by atomic mass is 19.1. The van der Waals surface area contributed by atoms with Gasteiger partial charge in [-0.05, 0) is 37.1 Å². The quantitative estimate of drug-likeness (QED) is 0.759. The lowest BCUT2D eigenvalue weighted by Crippen LogP contribution is -2.36. The fraction of sp³-hybridized carbons (Fsp3) is 0.211. The molecule has 0 aromatic heterocycles. The third kappa shape index (κ3) is 5.34. The number of ether oxygens (including phenoxy) is 1. The summed E-state index contributed by atoms with van der Waals surface area (Å²) in [7, 11) is 0. The molecule has 2 aromatic rings. The third-order valence-corrected chi connectivity index (χ3v) is 3.69. The normalized spacial score (nSPS) is 10.2. The molecule has 0 saturated heterocycles. The van der Waals surface area contributed by atoms with Crippen LogP contribution in [0, 0.1) is 25.5 Å². The van der Waals surface area contributed by atoms with E-state index in [-0.39, 0.29) is 6.54 Å². The summed E-state index contributed by atoms with van der Waals surface area (Å²) in [6.45, 7) is 2.55. The summed E-state index contributed by atoms with van der Waals surface area (Å²) < 4.78 is 31.5. The highest BCUT2D eigenvalue weighted by Gasteiger charge is 2.19. The molecule has 8 heteroatoms. The molecule has 27 heavy (non-hydrogen) atoms. The molecular weight excluding hydrogens is 358 g/mol. The third-order valence-electron chi connectivity index (χ3n) is 3.69. The Labute approximate surface area is 154 Å². The van der Waals surface area contributed by atoms with Crippen LogP contribution in [0.1, 0.15) is 21.5 Å². The molecule has 0 heterocycles. The van der Waals surface area contributed by atoms with E-state index in [9.17, 15) is 23.2 Å². The Morgan fingerprint density at radius 3 is 2.07 bits per heavy atom. The summed E-state index contributed by atoms with van der Waals surface area (Å²) in [5, 5.41) is 4.94. The average Bonchev–Trinajstić information content (AvgIpc) is 2.61. The Bertz CT molecular complexity index is 844. The first-order valence-electron chi connectivity index (χ1n) is 8.03. The first-order chi connectivity index (χ1) is 12.8. The van der Waals surface area contributed by atoms with Crippen molar-refractivity contribution in [3.05, 3.63) is 64.7 Å². The summed E-state index contributed by atoms with van der Waals surface area (Å²) >= 11 is 0. The minimum absolute atomic E-state index is 0.349. The Morgan fingerprint density at radius 2 is 1.48 bits per heavy atom. The van der Waals surface area contributed by atoms with E-state index in [0.717, 1.165) is 29.3 Å². The molecule has 2 aromatic carbocycles. The van der Waals surface area contributed by atoms with Gasteiger partial charge in [0.15, 0.2) is 6.61 Å². The van der Waals surface area contributed by atoms with Gasteiger partial charge in [-0.15, -0.1) is 0 Å². The second-order valence-electron chi connectivity index (χ2n) is 5.76. The van der Waals surface area contributed by atoms with E-state index < -0.39 is 41.6 Å². The predicted octanol–water partition coefficient (Wildman–Crippen LogP) is 2.49. The van der Waals surface area contributed by atoms with Crippen LogP contribution in [-0.4, -0.2) is 30.9 Å². The molecule has 0 saturated carbocycles. The first-order valence-corrected chi connectivity index (χ1v) is 8.03. The van der Waals surface area contributed by atoms with Gasteiger partial charge in [-0.3, -0.25) is 9.59 Å². The number of nitrogens with one attached hydrogen (secondary N) is 2. The van der Waals surface area contributed by atoms with Crippen molar-refractivity contribution >= 4 is 23.5 Å².